The number of nitrogens with zero attached hydrogens (tertiary/aromatic N) is 2. The summed E-state index contributed by atoms with van der Waals surface area (Å²) in [5.74, 6) is 0.699. The first-order chi connectivity index (χ1) is 14.4. The summed E-state index contributed by atoms with van der Waals surface area (Å²) in [5.41, 5.74) is 2.03. The second-order valence-electron chi connectivity index (χ2n) is 7.61. The molecular formula is C22H28N4O4. The Labute approximate surface area is 175 Å². The van der Waals surface area contributed by atoms with Crippen molar-refractivity contribution in [2.45, 2.75) is 45.6 Å². The minimum absolute atomic E-state index is 0.0114. The number of nitrogens with one attached hydrogen (secondary N) is 2. The Kier molecular flexibility index (Phi) is 7.21. The van der Waals surface area contributed by atoms with E-state index in [1.807, 2.05) is 36.9 Å². The number of benzene rings is 1. The Morgan fingerprint density at radius 2 is 1.87 bits per heavy atom. The summed E-state index contributed by atoms with van der Waals surface area (Å²) < 4.78 is 5.87. The van der Waals surface area contributed by atoms with Gasteiger partial charge in [0.1, 0.15) is 11.4 Å². The van der Waals surface area contributed by atoms with Crippen molar-refractivity contribution in [1.82, 2.24) is 20.4 Å². The summed E-state index contributed by atoms with van der Waals surface area (Å²) in [6, 6.07) is 8.69. The van der Waals surface area contributed by atoms with Gasteiger partial charge in [0.15, 0.2) is 0 Å². The maximum absolute atomic E-state index is 12.5. The fourth-order valence-electron chi connectivity index (χ4n) is 3.59. The summed E-state index contributed by atoms with van der Waals surface area (Å²) in [6.07, 6.45) is 2.50. The number of piperidine rings is 1. The van der Waals surface area contributed by atoms with Gasteiger partial charge in [-0.2, -0.15) is 5.10 Å². The number of likely N-dealkylation sites (tertiary alicyclic amines) is 1. The van der Waals surface area contributed by atoms with E-state index in [9.17, 15) is 14.4 Å². The van der Waals surface area contributed by atoms with Gasteiger partial charge in [0, 0.05) is 31.6 Å². The highest BCUT2D eigenvalue weighted by Crippen LogP contribution is 2.22. The lowest BCUT2D eigenvalue weighted by Crippen LogP contribution is -2.46. The molecule has 2 heterocycles. The number of carbonyl (C=O) groups excluding carboxylic acids is 2. The van der Waals surface area contributed by atoms with E-state index in [1.165, 1.54) is 12.1 Å². The van der Waals surface area contributed by atoms with Gasteiger partial charge in [-0.15, -0.1) is 0 Å². The van der Waals surface area contributed by atoms with Crippen LogP contribution >= 0.6 is 0 Å². The van der Waals surface area contributed by atoms with Crippen molar-refractivity contribution in [2.75, 3.05) is 19.7 Å². The van der Waals surface area contributed by atoms with Crippen LogP contribution in [0.25, 0.3) is 0 Å². The zero-order chi connectivity index (χ0) is 21.5. The quantitative estimate of drug-likeness (QED) is 0.677. The first-order valence-corrected chi connectivity index (χ1v) is 10.3. The molecule has 1 fully saturated rings. The van der Waals surface area contributed by atoms with Gasteiger partial charge in [0.25, 0.3) is 11.5 Å². The second-order valence-corrected chi connectivity index (χ2v) is 7.61. The first kappa shape index (κ1) is 21.5. The second kappa shape index (κ2) is 10.0. The average molecular weight is 412 g/mol. The third kappa shape index (κ3) is 5.68. The standard InChI is InChI=1S/C22H28N4O4/c1-15-5-3-6-16(2)21(15)30-14-4-7-20(28)26-12-10-17(11-13-26)23-22(29)18-8-9-19(27)25-24-18/h3,5-6,8-9,17H,4,7,10-14H2,1-2H3,(H,23,29)(H,25,27). The Balaban J connectivity index is 1.37. The monoisotopic (exact) mass is 412 g/mol. The van der Waals surface area contributed by atoms with Crippen LogP contribution in [0.15, 0.2) is 35.1 Å². The summed E-state index contributed by atoms with van der Waals surface area (Å²) in [5, 5.41) is 8.90. The number of rotatable bonds is 7. The number of ether oxygens (including phenoxy) is 1. The molecule has 0 aliphatic carbocycles. The SMILES string of the molecule is Cc1cccc(C)c1OCCCC(=O)N1CCC(NC(=O)c2ccc(=O)[nH]n2)CC1. The van der Waals surface area contributed by atoms with Crippen LogP contribution in [0.4, 0.5) is 0 Å². The molecule has 1 saturated heterocycles. The smallest absolute Gasteiger partial charge is 0.271 e. The Hall–Kier alpha value is -3.16. The van der Waals surface area contributed by atoms with Gasteiger partial charge >= 0.3 is 0 Å². The van der Waals surface area contributed by atoms with Gasteiger partial charge in [0.05, 0.1) is 6.61 Å². The first-order valence-electron chi connectivity index (χ1n) is 10.3. The highest BCUT2D eigenvalue weighted by Gasteiger charge is 2.24. The number of H-pyrrole nitrogens is 1. The molecule has 1 aliphatic heterocycles. The van der Waals surface area contributed by atoms with Crippen LogP contribution in [0.1, 0.15) is 47.3 Å². The van der Waals surface area contributed by atoms with E-state index in [0.29, 0.717) is 45.4 Å². The van der Waals surface area contributed by atoms with E-state index in [1.54, 1.807) is 0 Å². The van der Waals surface area contributed by atoms with E-state index < -0.39 is 0 Å². The number of aryl methyl sites for hydroxylation is 2. The van der Waals surface area contributed by atoms with Crippen molar-refractivity contribution in [3.63, 3.8) is 0 Å². The van der Waals surface area contributed by atoms with Gasteiger partial charge in [-0.25, -0.2) is 5.10 Å². The lowest BCUT2D eigenvalue weighted by molar-refractivity contribution is -0.132. The van der Waals surface area contributed by atoms with Gasteiger partial charge in [0.2, 0.25) is 5.91 Å². The predicted molar refractivity (Wildman–Crippen MR) is 113 cm³/mol. The van der Waals surface area contributed by atoms with E-state index in [2.05, 4.69) is 15.5 Å². The van der Waals surface area contributed by atoms with E-state index >= 15 is 0 Å². The molecule has 2 amide bonds. The molecule has 0 radical (unpaired) electrons. The van der Waals surface area contributed by atoms with Crippen LogP contribution in [0.2, 0.25) is 0 Å². The number of hydrogen-bond donors (Lipinski definition) is 2. The number of aromatic amines is 1. The topological polar surface area (TPSA) is 104 Å². The molecule has 1 aromatic heterocycles. The van der Waals surface area contributed by atoms with E-state index in [-0.39, 0.29) is 29.1 Å². The van der Waals surface area contributed by atoms with Crippen LogP contribution < -0.4 is 15.6 Å². The van der Waals surface area contributed by atoms with Gasteiger partial charge in [-0.05, 0) is 50.3 Å². The molecule has 1 aliphatic rings. The molecule has 2 N–H and O–H groups in total. The molecule has 0 unspecified atom stereocenters. The third-order valence-electron chi connectivity index (χ3n) is 5.28. The molecular weight excluding hydrogens is 384 g/mol. The third-order valence-corrected chi connectivity index (χ3v) is 5.28. The van der Waals surface area contributed by atoms with Crippen LogP contribution in [0.3, 0.4) is 0 Å². The molecule has 30 heavy (non-hydrogen) atoms. The van der Waals surface area contributed by atoms with Crippen LogP contribution in [-0.2, 0) is 4.79 Å². The lowest BCUT2D eigenvalue weighted by Gasteiger charge is -2.32. The molecule has 0 atom stereocenters. The summed E-state index contributed by atoms with van der Waals surface area (Å²) in [4.78, 5) is 37.5. The zero-order valence-electron chi connectivity index (χ0n) is 17.4. The highest BCUT2D eigenvalue weighted by atomic mass is 16.5. The summed E-state index contributed by atoms with van der Waals surface area (Å²) in [6.45, 7) is 5.77. The van der Waals surface area contributed by atoms with Gasteiger partial charge in [-0.3, -0.25) is 14.4 Å². The molecule has 8 heteroatoms. The Bertz CT molecular complexity index is 908. The fraction of sp³-hybridized carbons (Fsp3) is 0.455. The summed E-state index contributed by atoms with van der Waals surface area (Å²) >= 11 is 0. The molecule has 0 saturated carbocycles. The molecule has 0 spiro atoms. The van der Waals surface area contributed by atoms with E-state index in [0.717, 1.165) is 16.9 Å². The number of hydrogen-bond acceptors (Lipinski definition) is 5. The predicted octanol–water partition coefficient (Wildman–Crippen LogP) is 1.97. The maximum atomic E-state index is 12.5. The lowest BCUT2D eigenvalue weighted by atomic mass is 10.0. The number of carbonyl (C=O) groups is 2. The molecule has 8 nitrogen and oxygen atoms in total. The maximum Gasteiger partial charge on any atom is 0.271 e. The van der Waals surface area contributed by atoms with Crippen LogP contribution in [0, 0.1) is 13.8 Å². The number of para-hydroxylation sites is 1. The van der Waals surface area contributed by atoms with Crippen molar-refractivity contribution < 1.29 is 14.3 Å². The molecule has 3 rings (SSSR count). The van der Waals surface area contributed by atoms with E-state index in [4.69, 9.17) is 4.74 Å². The van der Waals surface area contributed by atoms with Crippen LogP contribution in [-0.4, -0.2) is 52.6 Å². The van der Waals surface area contributed by atoms with Gasteiger partial charge < -0.3 is 15.0 Å². The largest absolute Gasteiger partial charge is 0.493 e. The number of amides is 2. The molecule has 1 aromatic carbocycles. The molecule has 0 bridgehead atoms. The Morgan fingerprint density at radius 1 is 1.17 bits per heavy atom. The number of aromatic nitrogens is 2. The van der Waals surface area contributed by atoms with Crippen molar-refractivity contribution in [1.29, 1.82) is 0 Å². The zero-order valence-corrected chi connectivity index (χ0v) is 17.4. The fourth-order valence-corrected chi connectivity index (χ4v) is 3.59. The van der Waals surface area contributed by atoms with Crippen molar-refractivity contribution in [3.05, 3.63) is 57.5 Å². The normalized spacial score (nSPS) is 14.4. The summed E-state index contributed by atoms with van der Waals surface area (Å²) in [7, 11) is 0. The average Bonchev–Trinajstić information content (AvgIpc) is 2.73. The Morgan fingerprint density at radius 3 is 2.50 bits per heavy atom. The minimum atomic E-state index is -0.349. The highest BCUT2D eigenvalue weighted by molar-refractivity contribution is 5.92. The van der Waals surface area contributed by atoms with Crippen molar-refractivity contribution >= 4 is 11.8 Å². The van der Waals surface area contributed by atoms with Gasteiger partial charge in [-0.1, -0.05) is 18.2 Å². The molecule has 160 valence electrons. The minimum Gasteiger partial charge on any atom is -0.493 e. The van der Waals surface area contributed by atoms with Crippen molar-refractivity contribution in [2.24, 2.45) is 0 Å². The van der Waals surface area contributed by atoms with Crippen LogP contribution in [0.5, 0.6) is 5.75 Å². The molecule has 2 aromatic rings. The van der Waals surface area contributed by atoms with Crippen molar-refractivity contribution in [3.8, 4) is 5.75 Å².